The van der Waals surface area contributed by atoms with E-state index in [4.69, 9.17) is 23.2 Å². The molecule has 0 saturated heterocycles. The van der Waals surface area contributed by atoms with E-state index in [-0.39, 0.29) is 45.2 Å². The van der Waals surface area contributed by atoms with Crippen molar-refractivity contribution in [1.82, 2.24) is 10.2 Å². The summed E-state index contributed by atoms with van der Waals surface area (Å²) < 4.78 is 44.3. The monoisotopic (exact) mass is 683 g/mol. The highest BCUT2D eigenvalue weighted by molar-refractivity contribution is 7.92. The molecule has 2 amide bonds. The molecule has 0 aliphatic heterocycles. The smallest absolute Gasteiger partial charge is 0.264 e. The van der Waals surface area contributed by atoms with E-state index in [1.807, 2.05) is 51.1 Å². The molecular weight excluding hydrogens is 648 g/mol. The number of hydrogen-bond acceptors (Lipinski definition) is 4. The second kappa shape index (κ2) is 15.6. The summed E-state index contributed by atoms with van der Waals surface area (Å²) in [6, 6.07) is 24.4. The lowest BCUT2D eigenvalue weighted by molar-refractivity contribution is -0.140. The van der Waals surface area contributed by atoms with Gasteiger partial charge in [0.25, 0.3) is 10.0 Å². The van der Waals surface area contributed by atoms with Crippen LogP contribution in [0.4, 0.5) is 10.1 Å². The summed E-state index contributed by atoms with van der Waals surface area (Å²) in [5.74, 6) is -1.75. The molecule has 0 aliphatic rings. The third-order valence-electron chi connectivity index (χ3n) is 7.66. The van der Waals surface area contributed by atoms with E-state index in [0.717, 1.165) is 15.4 Å². The molecule has 7 nitrogen and oxygen atoms in total. The van der Waals surface area contributed by atoms with Gasteiger partial charge in [-0.3, -0.25) is 13.9 Å². The first-order chi connectivity index (χ1) is 21.9. The van der Waals surface area contributed by atoms with E-state index in [0.29, 0.717) is 6.42 Å². The quantitative estimate of drug-likeness (QED) is 0.162. The molecule has 0 saturated carbocycles. The van der Waals surface area contributed by atoms with E-state index in [1.54, 1.807) is 18.2 Å². The van der Waals surface area contributed by atoms with Crippen LogP contribution >= 0.6 is 23.2 Å². The number of carbonyl (C=O) groups excluding carboxylic acids is 2. The predicted molar refractivity (Wildman–Crippen MR) is 181 cm³/mol. The maximum Gasteiger partial charge on any atom is 0.264 e. The standard InChI is InChI=1S/C35H36Cl2FN3O4S/c1-4-25(3)39-35(43)32(21-26-11-6-5-7-12-26)40(22-27-13-8-9-15-30(27)38)33(42)23-41(31-16-10-14-29(36)34(31)37)46(44,45)28-19-17-24(2)18-20-28/h5-20,25,32H,4,21-23H2,1-3H3,(H,39,43). The second-order valence-electron chi connectivity index (χ2n) is 11.0. The SMILES string of the molecule is CCC(C)NC(=O)C(Cc1ccccc1)N(Cc1ccccc1F)C(=O)CN(c1cccc(Cl)c1Cl)S(=O)(=O)c1ccc(C)cc1. The topological polar surface area (TPSA) is 86.8 Å². The molecule has 0 spiro atoms. The summed E-state index contributed by atoms with van der Waals surface area (Å²) in [7, 11) is -4.38. The fourth-order valence-corrected chi connectivity index (χ4v) is 6.71. The van der Waals surface area contributed by atoms with Crippen LogP contribution in [0.2, 0.25) is 10.0 Å². The van der Waals surface area contributed by atoms with Gasteiger partial charge in [-0.15, -0.1) is 0 Å². The number of rotatable bonds is 13. The number of aryl methyl sites for hydroxylation is 1. The first-order valence-electron chi connectivity index (χ1n) is 14.8. The van der Waals surface area contributed by atoms with Crippen LogP contribution in [0.25, 0.3) is 0 Å². The van der Waals surface area contributed by atoms with Crippen molar-refractivity contribution < 1.29 is 22.4 Å². The highest BCUT2D eigenvalue weighted by Crippen LogP contribution is 2.35. The Bertz CT molecular complexity index is 1770. The summed E-state index contributed by atoms with van der Waals surface area (Å²) in [4.78, 5) is 29.5. The third-order valence-corrected chi connectivity index (χ3v) is 10.2. The van der Waals surface area contributed by atoms with E-state index >= 15 is 4.39 Å². The lowest BCUT2D eigenvalue weighted by atomic mass is 10.0. The number of carbonyl (C=O) groups is 2. The molecule has 0 radical (unpaired) electrons. The van der Waals surface area contributed by atoms with Crippen LogP contribution in [0.1, 0.15) is 37.0 Å². The van der Waals surface area contributed by atoms with Gasteiger partial charge >= 0.3 is 0 Å². The highest BCUT2D eigenvalue weighted by atomic mass is 35.5. The van der Waals surface area contributed by atoms with E-state index in [9.17, 15) is 18.0 Å². The molecule has 4 rings (SSSR count). The lowest BCUT2D eigenvalue weighted by Crippen LogP contribution is -2.54. The average molecular weight is 685 g/mol. The molecule has 242 valence electrons. The number of amides is 2. The summed E-state index contributed by atoms with van der Waals surface area (Å²) in [5.41, 5.74) is 1.76. The minimum atomic E-state index is -4.38. The van der Waals surface area contributed by atoms with Crippen LogP contribution in [-0.2, 0) is 32.6 Å². The zero-order valence-corrected chi connectivity index (χ0v) is 28.1. The highest BCUT2D eigenvalue weighted by Gasteiger charge is 2.36. The van der Waals surface area contributed by atoms with Gasteiger partial charge in [0.15, 0.2) is 0 Å². The Kier molecular flexibility index (Phi) is 11.8. The van der Waals surface area contributed by atoms with Gasteiger partial charge in [0, 0.05) is 24.6 Å². The lowest BCUT2D eigenvalue weighted by Gasteiger charge is -2.34. The predicted octanol–water partition coefficient (Wildman–Crippen LogP) is 7.19. The van der Waals surface area contributed by atoms with Crippen molar-refractivity contribution in [2.75, 3.05) is 10.8 Å². The first-order valence-corrected chi connectivity index (χ1v) is 17.0. The van der Waals surface area contributed by atoms with Gasteiger partial charge in [-0.1, -0.05) is 102 Å². The molecule has 2 unspecified atom stereocenters. The first kappa shape index (κ1) is 34.9. The van der Waals surface area contributed by atoms with Crippen LogP contribution in [0, 0.1) is 12.7 Å². The molecule has 4 aromatic rings. The molecule has 2 atom stereocenters. The van der Waals surface area contributed by atoms with Crippen LogP contribution < -0.4 is 9.62 Å². The number of benzene rings is 4. The molecule has 0 heterocycles. The Morgan fingerprint density at radius 2 is 1.54 bits per heavy atom. The summed E-state index contributed by atoms with van der Waals surface area (Å²) in [6.07, 6.45) is 0.743. The Labute approximate surface area is 280 Å². The third kappa shape index (κ3) is 8.46. The number of sulfonamides is 1. The maximum absolute atomic E-state index is 15.1. The summed E-state index contributed by atoms with van der Waals surface area (Å²) in [6.45, 7) is 4.55. The Hall–Kier alpha value is -3.92. The zero-order valence-electron chi connectivity index (χ0n) is 25.8. The Morgan fingerprint density at radius 3 is 2.20 bits per heavy atom. The van der Waals surface area contributed by atoms with Crippen molar-refractivity contribution in [2.45, 2.75) is 57.1 Å². The van der Waals surface area contributed by atoms with Crippen molar-refractivity contribution in [2.24, 2.45) is 0 Å². The molecular formula is C35H36Cl2FN3O4S. The molecule has 4 aromatic carbocycles. The minimum absolute atomic E-state index is 0.0161. The zero-order chi connectivity index (χ0) is 33.4. The van der Waals surface area contributed by atoms with Gasteiger partial charge in [-0.05, 0) is 56.2 Å². The summed E-state index contributed by atoms with van der Waals surface area (Å²) in [5, 5.41) is 2.98. The van der Waals surface area contributed by atoms with Gasteiger partial charge in [-0.2, -0.15) is 0 Å². The molecule has 46 heavy (non-hydrogen) atoms. The normalized spacial score (nSPS) is 12.7. The number of nitrogens with zero attached hydrogens (tertiary/aromatic N) is 2. The van der Waals surface area contributed by atoms with Crippen LogP contribution in [0.15, 0.2) is 102 Å². The van der Waals surface area contributed by atoms with Crippen molar-refractivity contribution in [3.05, 3.63) is 130 Å². The molecule has 0 fully saturated rings. The largest absolute Gasteiger partial charge is 0.352 e. The molecule has 11 heteroatoms. The second-order valence-corrected chi connectivity index (χ2v) is 13.7. The van der Waals surface area contributed by atoms with E-state index in [2.05, 4.69) is 5.32 Å². The molecule has 0 bridgehead atoms. The minimum Gasteiger partial charge on any atom is -0.352 e. The summed E-state index contributed by atoms with van der Waals surface area (Å²) >= 11 is 12.8. The number of halogens is 3. The number of anilines is 1. The van der Waals surface area contributed by atoms with E-state index < -0.39 is 40.2 Å². The average Bonchev–Trinajstić information content (AvgIpc) is 3.04. The maximum atomic E-state index is 15.1. The van der Waals surface area contributed by atoms with Crippen molar-refractivity contribution in [3.63, 3.8) is 0 Å². The molecule has 1 N–H and O–H groups in total. The van der Waals surface area contributed by atoms with Gasteiger partial charge < -0.3 is 10.2 Å². The Morgan fingerprint density at radius 1 is 0.891 bits per heavy atom. The van der Waals surface area contributed by atoms with Crippen molar-refractivity contribution >= 4 is 50.7 Å². The number of hydrogen-bond donors (Lipinski definition) is 1. The fraction of sp³-hybridized carbons (Fsp3) is 0.257. The molecule has 0 aliphatic carbocycles. The van der Waals surface area contributed by atoms with Gasteiger partial charge in [0.1, 0.15) is 18.4 Å². The number of nitrogens with one attached hydrogen (secondary N) is 1. The Balaban J connectivity index is 1.85. The van der Waals surface area contributed by atoms with Crippen LogP contribution in [0.5, 0.6) is 0 Å². The van der Waals surface area contributed by atoms with Crippen molar-refractivity contribution in [3.8, 4) is 0 Å². The van der Waals surface area contributed by atoms with Gasteiger partial charge in [0.05, 0.1) is 20.6 Å². The van der Waals surface area contributed by atoms with E-state index in [1.165, 1.54) is 53.4 Å². The van der Waals surface area contributed by atoms with Gasteiger partial charge in [0.2, 0.25) is 11.8 Å². The van der Waals surface area contributed by atoms with Crippen LogP contribution in [0.3, 0.4) is 0 Å². The van der Waals surface area contributed by atoms with Crippen LogP contribution in [-0.4, -0.2) is 43.8 Å². The van der Waals surface area contributed by atoms with Gasteiger partial charge in [-0.25, -0.2) is 12.8 Å². The van der Waals surface area contributed by atoms with Crippen molar-refractivity contribution in [1.29, 1.82) is 0 Å². The molecule has 0 aromatic heterocycles. The fourth-order valence-electron chi connectivity index (χ4n) is 4.84.